The fourth-order valence-corrected chi connectivity index (χ4v) is 2.16. The molecule has 9 heteroatoms. The Labute approximate surface area is 145 Å². The van der Waals surface area contributed by atoms with Gasteiger partial charge in [-0.3, -0.25) is 9.78 Å². The molecule has 0 atom stereocenters. The second-order valence-corrected chi connectivity index (χ2v) is 5.10. The molecule has 3 aromatic rings. The molecule has 0 amide bonds. The average Bonchev–Trinajstić information content (AvgIpc) is 2.62. The van der Waals surface area contributed by atoms with Crippen molar-refractivity contribution in [1.29, 1.82) is 0 Å². The van der Waals surface area contributed by atoms with Gasteiger partial charge in [0, 0.05) is 6.20 Å². The van der Waals surface area contributed by atoms with E-state index in [9.17, 15) is 18.0 Å². The van der Waals surface area contributed by atoms with Crippen LogP contribution in [0.3, 0.4) is 0 Å². The van der Waals surface area contributed by atoms with Gasteiger partial charge in [0.2, 0.25) is 5.75 Å². The maximum absolute atomic E-state index is 12.8. The Balaban J connectivity index is 2.04. The lowest BCUT2D eigenvalue weighted by atomic mass is 10.2. The van der Waals surface area contributed by atoms with Crippen molar-refractivity contribution in [1.82, 2.24) is 15.0 Å². The molecule has 0 radical (unpaired) electrons. The molecular formula is C17H12F3N3O3. The van der Waals surface area contributed by atoms with E-state index in [0.29, 0.717) is 5.69 Å². The van der Waals surface area contributed by atoms with Crippen LogP contribution in [0.1, 0.15) is 5.56 Å². The van der Waals surface area contributed by atoms with Crippen LogP contribution in [0.5, 0.6) is 17.4 Å². The van der Waals surface area contributed by atoms with Crippen LogP contribution in [0.15, 0.2) is 53.5 Å². The van der Waals surface area contributed by atoms with Crippen molar-refractivity contribution in [3.05, 3.63) is 64.6 Å². The van der Waals surface area contributed by atoms with Gasteiger partial charge in [0.15, 0.2) is 5.82 Å². The van der Waals surface area contributed by atoms with Gasteiger partial charge < -0.3 is 14.5 Å². The largest absolute Gasteiger partial charge is 0.487 e. The van der Waals surface area contributed by atoms with Crippen molar-refractivity contribution in [2.75, 3.05) is 7.11 Å². The summed E-state index contributed by atoms with van der Waals surface area (Å²) in [6, 6.07) is 9.22. The highest BCUT2D eigenvalue weighted by atomic mass is 19.4. The fraction of sp³-hybridized carbons (Fsp3) is 0.118. The smallest absolute Gasteiger partial charge is 0.416 e. The summed E-state index contributed by atoms with van der Waals surface area (Å²) in [5.41, 5.74) is -1.17. The summed E-state index contributed by atoms with van der Waals surface area (Å²) in [4.78, 5) is 22.8. The molecule has 0 aliphatic rings. The van der Waals surface area contributed by atoms with Crippen LogP contribution in [0.4, 0.5) is 13.2 Å². The molecule has 0 bridgehead atoms. The van der Waals surface area contributed by atoms with E-state index < -0.39 is 17.3 Å². The first-order valence-electron chi connectivity index (χ1n) is 7.33. The molecule has 0 aliphatic carbocycles. The molecule has 0 aliphatic heterocycles. The van der Waals surface area contributed by atoms with Gasteiger partial charge in [-0.05, 0) is 30.3 Å². The lowest BCUT2D eigenvalue weighted by Crippen LogP contribution is -2.14. The summed E-state index contributed by atoms with van der Waals surface area (Å²) in [5.74, 6) is -0.570. The zero-order valence-electron chi connectivity index (χ0n) is 13.4. The standard InChI is InChI=1S/C17H12F3N3O3/c1-25-13-15(24)22-14(12-7-2-3-8-21-12)23-16(13)26-11-6-4-5-10(9-11)17(18,19)20/h2-9H,1H3,(H,22,23,24). The molecule has 134 valence electrons. The van der Waals surface area contributed by atoms with Crippen molar-refractivity contribution in [2.45, 2.75) is 6.18 Å². The van der Waals surface area contributed by atoms with Crippen LogP contribution in [-0.4, -0.2) is 22.1 Å². The molecule has 2 heterocycles. The molecule has 1 N–H and O–H groups in total. The number of hydrogen-bond acceptors (Lipinski definition) is 5. The Bertz CT molecular complexity index is 972. The number of methoxy groups -OCH3 is 1. The monoisotopic (exact) mass is 363 g/mol. The Morgan fingerprint density at radius 1 is 1.12 bits per heavy atom. The minimum absolute atomic E-state index is 0.0957. The number of aromatic nitrogens is 3. The van der Waals surface area contributed by atoms with Gasteiger partial charge in [0.1, 0.15) is 11.4 Å². The molecule has 0 saturated carbocycles. The molecule has 0 spiro atoms. The number of halogens is 3. The third-order valence-electron chi connectivity index (χ3n) is 3.33. The van der Waals surface area contributed by atoms with E-state index >= 15 is 0 Å². The second-order valence-electron chi connectivity index (χ2n) is 5.10. The normalized spacial score (nSPS) is 11.2. The van der Waals surface area contributed by atoms with Crippen LogP contribution in [0.2, 0.25) is 0 Å². The molecule has 26 heavy (non-hydrogen) atoms. The molecule has 2 aromatic heterocycles. The van der Waals surface area contributed by atoms with Gasteiger partial charge in [0.25, 0.3) is 11.4 Å². The number of alkyl halides is 3. The average molecular weight is 363 g/mol. The third-order valence-corrected chi connectivity index (χ3v) is 3.33. The van der Waals surface area contributed by atoms with Crippen LogP contribution >= 0.6 is 0 Å². The number of aromatic amines is 1. The van der Waals surface area contributed by atoms with Crippen molar-refractivity contribution in [3.8, 4) is 28.9 Å². The summed E-state index contributed by atoms with van der Waals surface area (Å²) in [6.45, 7) is 0. The minimum atomic E-state index is -4.52. The predicted molar refractivity (Wildman–Crippen MR) is 86.2 cm³/mol. The number of benzene rings is 1. The van der Waals surface area contributed by atoms with Gasteiger partial charge in [-0.2, -0.15) is 18.2 Å². The van der Waals surface area contributed by atoms with Crippen LogP contribution in [0, 0.1) is 0 Å². The first kappa shape index (κ1) is 17.5. The number of pyridine rings is 1. The van der Waals surface area contributed by atoms with Crippen molar-refractivity contribution >= 4 is 0 Å². The Morgan fingerprint density at radius 2 is 1.92 bits per heavy atom. The van der Waals surface area contributed by atoms with E-state index in [4.69, 9.17) is 9.47 Å². The lowest BCUT2D eigenvalue weighted by Gasteiger charge is -2.12. The van der Waals surface area contributed by atoms with Crippen LogP contribution < -0.4 is 15.0 Å². The van der Waals surface area contributed by atoms with Gasteiger partial charge >= 0.3 is 6.18 Å². The SMILES string of the molecule is COc1c(Oc2cccc(C(F)(F)F)c2)nc(-c2ccccn2)[nH]c1=O. The number of ether oxygens (including phenoxy) is 2. The van der Waals surface area contributed by atoms with Gasteiger partial charge in [-0.1, -0.05) is 12.1 Å². The minimum Gasteiger partial charge on any atom is -0.487 e. The number of H-pyrrole nitrogens is 1. The summed E-state index contributed by atoms with van der Waals surface area (Å²) < 4.78 is 48.9. The van der Waals surface area contributed by atoms with Gasteiger partial charge in [-0.25, -0.2) is 0 Å². The lowest BCUT2D eigenvalue weighted by molar-refractivity contribution is -0.137. The van der Waals surface area contributed by atoms with E-state index in [1.165, 1.54) is 25.4 Å². The van der Waals surface area contributed by atoms with E-state index in [2.05, 4.69) is 15.0 Å². The number of rotatable bonds is 4. The summed E-state index contributed by atoms with van der Waals surface area (Å²) >= 11 is 0. The molecule has 3 rings (SSSR count). The number of nitrogens with one attached hydrogen (secondary N) is 1. The van der Waals surface area contributed by atoms with E-state index in [0.717, 1.165) is 12.1 Å². The highest BCUT2D eigenvalue weighted by Crippen LogP contribution is 2.34. The van der Waals surface area contributed by atoms with Crippen LogP contribution in [0.25, 0.3) is 11.5 Å². The predicted octanol–water partition coefficient (Wildman–Crippen LogP) is 3.65. The van der Waals surface area contributed by atoms with E-state index in [1.54, 1.807) is 18.2 Å². The van der Waals surface area contributed by atoms with E-state index in [-0.39, 0.29) is 23.2 Å². The Hall–Kier alpha value is -3.36. The molecule has 6 nitrogen and oxygen atoms in total. The fourth-order valence-electron chi connectivity index (χ4n) is 2.16. The quantitative estimate of drug-likeness (QED) is 0.766. The van der Waals surface area contributed by atoms with Crippen molar-refractivity contribution in [2.24, 2.45) is 0 Å². The van der Waals surface area contributed by atoms with Gasteiger partial charge in [-0.15, -0.1) is 0 Å². The molecule has 0 unspecified atom stereocenters. The van der Waals surface area contributed by atoms with Gasteiger partial charge in [0.05, 0.1) is 12.7 Å². The summed E-state index contributed by atoms with van der Waals surface area (Å²) in [7, 11) is 1.23. The summed E-state index contributed by atoms with van der Waals surface area (Å²) in [6.07, 6.45) is -3.02. The first-order chi connectivity index (χ1) is 12.4. The van der Waals surface area contributed by atoms with Crippen molar-refractivity contribution in [3.63, 3.8) is 0 Å². The van der Waals surface area contributed by atoms with Crippen LogP contribution in [-0.2, 0) is 6.18 Å². The Morgan fingerprint density at radius 3 is 2.58 bits per heavy atom. The second kappa shape index (κ2) is 6.87. The molecule has 0 fully saturated rings. The molecule has 0 saturated heterocycles. The maximum atomic E-state index is 12.8. The van der Waals surface area contributed by atoms with Crippen molar-refractivity contribution < 1.29 is 22.6 Å². The first-order valence-corrected chi connectivity index (χ1v) is 7.33. The number of nitrogens with zero attached hydrogens (tertiary/aromatic N) is 2. The molecule has 1 aromatic carbocycles. The zero-order valence-corrected chi connectivity index (χ0v) is 13.4. The topological polar surface area (TPSA) is 77.1 Å². The highest BCUT2D eigenvalue weighted by molar-refractivity contribution is 5.51. The summed E-state index contributed by atoms with van der Waals surface area (Å²) in [5, 5.41) is 0. The number of hydrogen-bond donors (Lipinski definition) is 1. The molecular weight excluding hydrogens is 351 g/mol. The third kappa shape index (κ3) is 3.66. The van der Waals surface area contributed by atoms with E-state index in [1.807, 2.05) is 0 Å². The Kier molecular flexibility index (Phi) is 4.61. The highest BCUT2D eigenvalue weighted by Gasteiger charge is 2.30. The zero-order chi connectivity index (χ0) is 18.7. The maximum Gasteiger partial charge on any atom is 0.416 e.